The largest absolute Gasteiger partial charge is 0.352 e. The average molecular weight is 711 g/mol. The quantitative estimate of drug-likeness (QED) is 0.163. The highest BCUT2D eigenvalue weighted by atomic mass is 35.5. The Morgan fingerprint density at radius 3 is 2.10 bits per heavy atom. The van der Waals surface area contributed by atoms with Crippen molar-refractivity contribution in [2.24, 2.45) is 0 Å². The molecule has 1 N–H and O–H groups in total. The van der Waals surface area contributed by atoms with E-state index in [9.17, 15) is 22.4 Å². The fourth-order valence-electron chi connectivity index (χ4n) is 5.93. The molecule has 0 aromatic heterocycles. The minimum atomic E-state index is -4.32. The zero-order valence-electron chi connectivity index (χ0n) is 26.6. The summed E-state index contributed by atoms with van der Waals surface area (Å²) >= 11 is 12.6. The van der Waals surface area contributed by atoms with Gasteiger partial charge in [0.05, 0.1) is 10.6 Å². The number of carbonyl (C=O) groups excluding carboxylic acids is 2. The van der Waals surface area contributed by atoms with Crippen molar-refractivity contribution in [1.82, 2.24) is 10.2 Å². The summed E-state index contributed by atoms with van der Waals surface area (Å²) in [5, 5.41) is 3.54. The van der Waals surface area contributed by atoms with Gasteiger partial charge in [0.25, 0.3) is 10.0 Å². The molecule has 1 unspecified atom stereocenters. The van der Waals surface area contributed by atoms with Crippen LogP contribution in [0.15, 0.2) is 102 Å². The van der Waals surface area contributed by atoms with E-state index in [1.54, 1.807) is 24.3 Å². The lowest BCUT2D eigenvalue weighted by Gasteiger charge is -2.35. The second-order valence-electron chi connectivity index (χ2n) is 12.1. The first kappa shape index (κ1) is 35.4. The third-order valence-electron chi connectivity index (χ3n) is 8.51. The Kier molecular flexibility index (Phi) is 11.8. The Bertz CT molecular complexity index is 1800. The van der Waals surface area contributed by atoms with Gasteiger partial charge in [-0.15, -0.1) is 0 Å². The normalized spacial score (nSPS) is 14.2. The van der Waals surface area contributed by atoms with Gasteiger partial charge < -0.3 is 10.2 Å². The number of benzene rings is 4. The second kappa shape index (κ2) is 16.0. The molecule has 4 aromatic carbocycles. The summed E-state index contributed by atoms with van der Waals surface area (Å²) in [6, 6.07) is 24.6. The van der Waals surface area contributed by atoms with E-state index >= 15 is 0 Å². The number of sulfonamides is 1. The SMILES string of the molecule is Cc1ccc(S(=O)(=O)N(CC(=O)N(Cc2ccc(F)cc2)C(Cc2ccccc2)C(=O)NC2CCCCC2)c2cc(Cl)cc(Cl)c2)cc1. The maximum Gasteiger partial charge on any atom is 0.264 e. The summed E-state index contributed by atoms with van der Waals surface area (Å²) in [6.07, 6.45) is 4.97. The van der Waals surface area contributed by atoms with Gasteiger partial charge in [0.1, 0.15) is 18.4 Å². The van der Waals surface area contributed by atoms with Crippen molar-refractivity contribution < 1.29 is 22.4 Å². The zero-order chi connectivity index (χ0) is 34.3. The Labute approximate surface area is 291 Å². The van der Waals surface area contributed by atoms with Crippen LogP contribution in [0.3, 0.4) is 0 Å². The van der Waals surface area contributed by atoms with Crippen molar-refractivity contribution in [3.05, 3.63) is 130 Å². The molecule has 0 bridgehead atoms. The predicted octanol–water partition coefficient (Wildman–Crippen LogP) is 7.73. The maximum absolute atomic E-state index is 14.6. The fourth-order valence-corrected chi connectivity index (χ4v) is 7.85. The number of hydrogen-bond donors (Lipinski definition) is 1. The molecule has 0 spiro atoms. The first-order chi connectivity index (χ1) is 23.0. The minimum Gasteiger partial charge on any atom is -0.352 e. The lowest BCUT2D eigenvalue weighted by Crippen LogP contribution is -2.55. The number of rotatable bonds is 12. The molecule has 1 aliphatic rings. The van der Waals surface area contributed by atoms with Gasteiger partial charge in [-0.05, 0) is 73.4 Å². The van der Waals surface area contributed by atoms with Crippen LogP contribution in [-0.4, -0.2) is 43.8 Å². The van der Waals surface area contributed by atoms with Crippen molar-refractivity contribution in [3.63, 3.8) is 0 Å². The molecule has 252 valence electrons. The first-order valence-corrected chi connectivity index (χ1v) is 18.1. The van der Waals surface area contributed by atoms with Crippen LogP contribution in [0.2, 0.25) is 10.0 Å². The molecule has 11 heteroatoms. The van der Waals surface area contributed by atoms with Crippen molar-refractivity contribution in [2.75, 3.05) is 10.8 Å². The molecule has 1 saturated carbocycles. The lowest BCUT2D eigenvalue weighted by atomic mass is 9.94. The van der Waals surface area contributed by atoms with Gasteiger partial charge >= 0.3 is 0 Å². The molecular formula is C37H38Cl2FN3O4S. The molecule has 5 rings (SSSR count). The highest BCUT2D eigenvalue weighted by Gasteiger charge is 2.35. The van der Waals surface area contributed by atoms with Gasteiger partial charge in [-0.2, -0.15) is 0 Å². The number of halogens is 3. The number of anilines is 1. The lowest BCUT2D eigenvalue weighted by molar-refractivity contribution is -0.140. The molecule has 2 amide bonds. The molecule has 1 aliphatic carbocycles. The topological polar surface area (TPSA) is 86.8 Å². The highest BCUT2D eigenvalue weighted by Crippen LogP contribution is 2.30. The van der Waals surface area contributed by atoms with Gasteiger partial charge in [-0.1, -0.05) is 103 Å². The molecule has 0 heterocycles. The van der Waals surface area contributed by atoms with E-state index in [-0.39, 0.29) is 45.5 Å². The summed E-state index contributed by atoms with van der Waals surface area (Å²) in [5.74, 6) is -1.41. The van der Waals surface area contributed by atoms with Crippen LogP contribution in [0.25, 0.3) is 0 Å². The number of hydrogen-bond acceptors (Lipinski definition) is 4. The average Bonchev–Trinajstić information content (AvgIpc) is 3.06. The number of nitrogens with zero attached hydrogens (tertiary/aromatic N) is 2. The summed E-state index contributed by atoms with van der Waals surface area (Å²) in [6.45, 7) is 1.12. The third-order valence-corrected chi connectivity index (χ3v) is 10.7. The molecule has 7 nitrogen and oxygen atoms in total. The maximum atomic E-state index is 14.6. The van der Waals surface area contributed by atoms with Gasteiger partial charge in [-0.3, -0.25) is 13.9 Å². The van der Waals surface area contributed by atoms with Crippen molar-refractivity contribution in [1.29, 1.82) is 0 Å². The van der Waals surface area contributed by atoms with Gasteiger partial charge in [0.2, 0.25) is 11.8 Å². The van der Waals surface area contributed by atoms with Crippen LogP contribution in [0.1, 0.15) is 48.8 Å². The molecular weight excluding hydrogens is 672 g/mol. The van der Waals surface area contributed by atoms with Crippen molar-refractivity contribution in [3.8, 4) is 0 Å². The molecule has 1 fully saturated rings. The minimum absolute atomic E-state index is 0.0284. The number of nitrogens with one attached hydrogen (secondary N) is 1. The number of aryl methyl sites for hydroxylation is 1. The van der Waals surface area contributed by atoms with Crippen molar-refractivity contribution >= 4 is 50.7 Å². The smallest absolute Gasteiger partial charge is 0.264 e. The molecule has 0 aliphatic heterocycles. The predicted molar refractivity (Wildman–Crippen MR) is 188 cm³/mol. The van der Waals surface area contributed by atoms with Gasteiger partial charge in [-0.25, -0.2) is 12.8 Å². The molecule has 48 heavy (non-hydrogen) atoms. The Balaban J connectivity index is 1.58. The monoisotopic (exact) mass is 709 g/mol. The summed E-state index contributed by atoms with van der Waals surface area (Å²) in [7, 11) is -4.32. The zero-order valence-corrected chi connectivity index (χ0v) is 28.9. The van der Waals surface area contributed by atoms with E-state index in [0.29, 0.717) is 5.56 Å². The highest BCUT2D eigenvalue weighted by molar-refractivity contribution is 7.92. The van der Waals surface area contributed by atoms with E-state index in [1.807, 2.05) is 37.3 Å². The van der Waals surface area contributed by atoms with Crippen LogP contribution in [-0.2, 0) is 32.6 Å². The Hall–Kier alpha value is -3.92. The summed E-state index contributed by atoms with van der Waals surface area (Å²) in [4.78, 5) is 30.2. The van der Waals surface area contributed by atoms with E-state index < -0.39 is 34.3 Å². The summed E-state index contributed by atoms with van der Waals surface area (Å²) < 4.78 is 43.3. The van der Waals surface area contributed by atoms with Gasteiger partial charge in [0, 0.05) is 29.1 Å². The van der Waals surface area contributed by atoms with Crippen LogP contribution < -0.4 is 9.62 Å². The molecule has 0 radical (unpaired) electrons. The van der Waals surface area contributed by atoms with Gasteiger partial charge in [0.15, 0.2) is 0 Å². The van der Waals surface area contributed by atoms with Crippen LogP contribution in [0, 0.1) is 12.7 Å². The van der Waals surface area contributed by atoms with E-state index in [0.717, 1.165) is 47.5 Å². The van der Waals surface area contributed by atoms with E-state index in [2.05, 4.69) is 5.32 Å². The molecule has 4 aromatic rings. The molecule has 0 saturated heterocycles. The van der Waals surface area contributed by atoms with E-state index in [1.165, 1.54) is 47.4 Å². The van der Waals surface area contributed by atoms with Crippen LogP contribution >= 0.6 is 23.2 Å². The molecule has 1 atom stereocenters. The summed E-state index contributed by atoms with van der Waals surface area (Å²) in [5.41, 5.74) is 2.35. The standard InChI is InChI=1S/C37H38Cl2FN3O4S/c1-26-12-18-34(19-13-26)48(46,47)43(33-22-29(38)21-30(39)23-33)25-36(44)42(24-28-14-16-31(40)17-15-28)35(20-27-8-4-2-5-9-27)37(45)41-32-10-6-3-7-11-32/h2,4-5,8-9,12-19,21-23,32,35H,3,6-7,10-11,20,24-25H2,1H3,(H,41,45). The van der Waals surface area contributed by atoms with E-state index in [4.69, 9.17) is 23.2 Å². The second-order valence-corrected chi connectivity index (χ2v) is 14.9. The number of carbonyl (C=O) groups is 2. The Morgan fingerprint density at radius 1 is 0.854 bits per heavy atom. The third kappa shape index (κ3) is 9.15. The Morgan fingerprint density at radius 2 is 1.48 bits per heavy atom. The number of amides is 2. The van der Waals surface area contributed by atoms with Crippen LogP contribution in [0.5, 0.6) is 0 Å². The van der Waals surface area contributed by atoms with Crippen molar-refractivity contribution in [2.45, 2.75) is 69.0 Å². The first-order valence-electron chi connectivity index (χ1n) is 15.9. The van der Waals surface area contributed by atoms with Crippen LogP contribution in [0.4, 0.5) is 10.1 Å². The fraction of sp³-hybridized carbons (Fsp3) is 0.297.